The molecule has 2 N–H and O–H groups in total. The van der Waals surface area contributed by atoms with Gasteiger partial charge in [0.15, 0.2) is 11.5 Å². The monoisotopic (exact) mass is 654 g/mol. The van der Waals surface area contributed by atoms with Gasteiger partial charge in [-0.2, -0.15) is 0 Å². The first-order chi connectivity index (χ1) is 21.8. The highest BCUT2D eigenvalue weighted by atomic mass is 35.5. The summed E-state index contributed by atoms with van der Waals surface area (Å²) in [6, 6.07) is 6.72. The number of carboxylic acid groups (broad SMARTS) is 1. The van der Waals surface area contributed by atoms with Crippen LogP contribution in [0, 0.1) is 34.9 Å². The average molecular weight is 655 g/mol. The van der Waals surface area contributed by atoms with Crippen LogP contribution in [0.25, 0.3) is 0 Å². The molecule has 2 aromatic carbocycles. The number of nitrogens with zero attached hydrogens (tertiary/aromatic N) is 2. The maximum absolute atomic E-state index is 14.5. The van der Waals surface area contributed by atoms with Gasteiger partial charge in [-0.05, 0) is 68.0 Å². The molecule has 46 heavy (non-hydrogen) atoms. The van der Waals surface area contributed by atoms with Crippen molar-refractivity contribution < 1.29 is 48.0 Å². The Bertz CT molecular complexity index is 1700. The third-order valence-electron chi connectivity index (χ3n) is 10.1. The van der Waals surface area contributed by atoms with Gasteiger partial charge < -0.3 is 19.7 Å². The lowest BCUT2D eigenvalue weighted by atomic mass is 9.51. The number of phenolic OH excluding ortho intramolecular Hbond substituents is 1. The van der Waals surface area contributed by atoms with Crippen molar-refractivity contribution in [1.82, 2.24) is 4.90 Å². The number of carbonyl (C=O) groups is 5. The van der Waals surface area contributed by atoms with Crippen molar-refractivity contribution in [2.45, 2.75) is 38.5 Å². The molecule has 3 fully saturated rings. The fourth-order valence-corrected chi connectivity index (χ4v) is 8.19. The molecule has 2 aromatic rings. The van der Waals surface area contributed by atoms with Gasteiger partial charge in [0, 0.05) is 18.9 Å². The van der Waals surface area contributed by atoms with E-state index in [0.29, 0.717) is 11.1 Å². The third-order valence-corrected chi connectivity index (χ3v) is 10.4. The first-order valence-corrected chi connectivity index (χ1v) is 15.3. The Morgan fingerprint density at radius 1 is 1.04 bits per heavy atom. The molecule has 1 saturated carbocycles. The average Bonchev–Trinajstić information content (AvgIpc) is 3.38. The first kappa shape index (κ1) is 31.5. The number of hydrogen-bond acceptors (Lipinski definition) is 8. The number of aromatic hydroxyl groups is 1. The summed E-state index contributed by atoms with van der Waals surface area (Å²) in [4.78, 5) is 69.3. The quantitative estimate of drug-likeness (QED) is 0.314. The van der Waals surface area contributed by atoms with Crippen molar-refractivity contribution in [3.05, 3.63) is 58.4 Å². The van der Waals surface area contributed by atoms with Gasteiger partial charge in [0.05, 0.1) is 48.1 Å². The maximum atomic E-state index is 14.5. The highest BCUT2D eigenvalue weighted by molar-refractivity contribution is 6.31. The second kappa shape index (κ2) is 11.4. The van der Waals surface area contributed by atoms with E-state index in [-0.39, 0.29) is 66.1 Å². The molecule has 2 aliphatic heterocycles. The van der Waals surface area contributed by atoms with E-state index in [1.54, 1.807) is 19.1 Å². The summed E-state index contributed by atoms with van der Waals surface area (Å²) in [5, 5.41) is 19.5. The number of hydrogen-bond donors (Lipinski definition) is 2. The van der Waals surface area contributed by atoms with E-state index in [4.69, 9.17) is 26.2 Å². The fraction of sp³-hybridized carbons (Fsp3) is 0.424. The molecular weight excluding hydrogens is 623 g/mol. The van der Waals surface area contributed by atoms with Gasteiger partial charge in [-0.15, -0.1) is 0 Å². The van der Waals surface area contributed by atoms with Crippen LogP contribution in [0.2, 0.25) is 5.02 Å². The van der Waals surface area contributed by atoms with Crippen LogP contribution in [0.1, 0.15) is 44.1 Å². The van der Waals surface area contributed by atoms with E-state index in [2.05, 4.69) is 0 Å². The van der Waals surface area contributed by atoms with Gasteiger partial charge in [0.25, 0.3) is 0 Å². The maximum Gasteiger partial charge on any atom is 0.303 e. The molecule has 6 rings (SSSR count). The second-order valence-electron chi connectivity index (χ2n) is 12.4. The molecule has 11 nitrogen and oxygen atoms in total. The van der Waals surface area contributed by atoms with Crippen molar-refractivity contribution in [2.75, 3.05) is 25.7 Å². The number of amides is 4. The number of phenols is 1. The second-order valence-corrected chi connectivity index (χ2v) is 12.8. The molecule has 2 heterocycles. The zero-order valence-electron chi connectivity index (χ0n) is 25.3. The number of fused-ring (bicyclic) bond motifs is 4. The van der Waals surface area contributed by atoms with E-state index >= 15 is 0 Å². The minimum atomic E-state index is -1.41. The lowest BCUT2D eigenvalue weighted by molar-refractivity contribution is -0.142. The largest absolute Gasteiger partial charge is 0.502 e. The van der Waals surface area contributed by atoms with Crippen molar-refractivity contribution >= 4 is 46.9 Å². The number of ether oxygens (including phenoxy) is 2. The number of rotatable bonds is 8. The number of carboxylic acids is 1. The zero-order valence-corrected chi connectivity index (χ0v) is 26.0. The van der Waals surface area contributed by atoms with Crippen LogP contribution < -0.4 is 14.4 Å². The van der Waals surface area contributed by atoms with Crippen LogP contribution in [0.5, 0.6) is 17.2 Å². The fourth-order valence-electron chi connectivity index (χ4n) is 8.02. The number of allylic oxidation sites excluding steroid dienone is 2. The van der Waals surface area contributed by atoms with Crippen LogP contribution >= 0.6 is 11.6 Å². The molecule has 2 aliphatic carbocycles. The van der Waals surface area contributed by atoms with Crippen LogP contribution in [0.15, 0.2) is 42.0 Å². The van der Waals surface area contributed by atoms with Crippen molar-refractivity contribution in [2.24, 2.45) is 29.1 Å². The zero-order chi connectivity index (χ0) is 33.2. The Balaban J connectivity index is 1.49. The Morgan fingerprint density at radius 3 is 2.33 bits per heavy atom. The summed E-state index contributed by atoms with van der Waals surface area (Å²) in [5.41, 5.74) is -0.122. The van der Waals surface area contributed by atoms with E-state index in [9.17, 15) is 33.5 Å². The molecule has 4 amide bonds. The molecule has 4 aliphatic rings. The highest BCUT2D eigenvalue weighted by Crippen LogP contribution is 2.64. The Labute approximate surface area is 268 Å². The number of methoxy groups -OCH3 is 2. The number of anilines is 1. The summed E-state index contributed by atoms with van der Waals surface area (Å²) in [5.74, 6) is -7.67. The number of halogens is 2. The Kier molecular flexibility index (Phi) is 7.82. The minimum Gasteiger partial charge on any atom is -0.502 e. The lowest BCUT2D eigenvalue weighted by Gasteiger charge is -2.49. The smallest absolute Gasteiger partial charge is 0.303 e. The SMILES string of the molecule is COc1cc([C@H]2C3=CC[C@@H]4C(=O)N(CCCC(=O)O)C(=O)[C@@H]4[C@@H]3C[C@H]3C(=O)N(c4ccc(F)c(Cl)c4)C(=O)[C@@]23C)cc(OC)c1O. The summed E-state index contributed by atoms with van der Waals surface area (Å²) < 4.78 is 24.9. The van der Waals surface area contributed by atoms with Crippen molar-refractivity contribution in [3.8, 4) is 17.2 Å². The molecule has 0 radical (unpaired) electrons. The molecule has 2 saturated heterocycles. The number of benzene rings is 2. The number of likely N-dealkylation sites (tertiary alicyclic amines) is 1. The van der Waals surface area contributed by atoms with E-state index < -0.39 is 64.5 Å². The molecule has 6 atom stereocenters. The molecule has 242 valence electrons. The third kappa shape index (κ3) is 4.56. The molecule has 0 bridgehead atoms. The number of imide groups is 2. The number of aliphatic carboxylic acids is 1. The summed E-state index contributed by atoms with van der Waals surface area (Å²) in [6.45, 7) is 1.65. The normalized spacial score (nSPS) is 28.5. The predicted molar refractivity (Wildman–Crippen MR) is 161 cm³/mol. The van der Waals surface area contributed by atoms with Gasteiger partial charge in [-0.1, -0.05) is 23.3 Å². The lowest BCUT2D eigenvalue weighted by Crippen LogP contribution is -2.48. The molecule has 0 unspecified atom stereocenters. The van der Waals surface area contributed by atoms with Gasteiger partial charge >= 0.3 is 5.97 Å². The van der Waals surface area contributed by atoms with Gasteiger partial charge in [0.1, 0.15) is 5.82 Å². The first-order valence-electron chi connectivity index (χ1n) is 14.9. The predicted octanol–water partition coefficient (Wildman–Crippen LogP) is 4.30. The van der Waals surface area contributed by atoms with Crippen molar-refractivity contribution in [3.63, 3.8) is 0 Å². The molecule has 0 aromatic heterocycles. The number of carbonyl (C=O) groups excluding carboxylic acids is 4. The van der Waals surface area contributed by atoms with E-state index in [1.807, 2.05) is 6.08 Å². The van der Waals surface area contributed by atoms with E-state index in [1.165, 1.54) is 26.4 Å². The van der Waals surface area contributed by atoms with Crippen LogP contribution in [-0.4, -0.2) is 65.5 Å². The minimum absolute atomic E-state index is 0.0352. The topological polar surface area (TPSA) is 151 Å². The Hall–Kier alpha value is -4.45. The molecule has 13 heteroatoms. The molecule has 0 spiro atoms. The standard InChI is InChI=1S/C33H32ClFN2O9/c1-33-20(30(42)37(32(33)44)16-6-9-22(35)21(34)13-16)14-19-17(27(33)15-11-23(45-2)28(40)24(12-15)46-3)7-8-18-26(19)31(43)36(29(18)41)10-4-5-25(38)39/h6-7,9,11-13,18-20,26-27,40H,4-5,8,10,14H2,1-3H3,(H,38,39)/t18-,19+,20-,26-,27-,33+/m0/s1. The highest BCUT2D eigenvalue weighted by Gasteiger charge is 2.67. The van der Waals surface area contributed by atoms with Gasteiger partial charge in [-0.3, -0.25) is 28.9 Å². The van der Waals surface area contributed by atoms with Crippen LogP contribution in [-0.2, 0) is 24.0 Å². The van der Waals surface area contributed by atoms with Gasteiger partial charge in [0.2, 0.25) is 29.4 Å². The van der Waals surface area contributed by atoms with Crippen molar-refractivity contribution in [1.29, 1.82) is 0 Å². The van der Waals surface area contributed by atoms with Crippen LogP contribution in [0.3, 0.4) is 0 Å². The summed E-state index contributed by atoms with van der Waals surface area (Å²) in [7, 11) is 2.73. The Morgan fingerprint density at radius 2 is 1.72 bits per heavy atom. The summed E-state index contributed by atoms with van der Waals surface area (Å²) >= 11 is 6.05. The van der Waals surface area contributed by atoms with Crippen LogP contribution in [0.4, 0.5) is 10.1 Å². The van der Waals surface area contributed by atoms with Gasteiger partial charge in [-0.25, -0.2) is 9.29 Å². The van der Waals surface area contributed by atoms with E-state index in [0.717, 1.165) is 15.9 Å². The molecular formula is C33H32ClFN2O9. The summed E-state index contributed by atoms with van der Waals surface area (Å²) in [6.07, 6.45) is 2.07.